The number of nitrogens with zero attached hydrogens (tertiary/aromatic N) is 1. The zero-order valence-corrected chi connectivity index (χ0v) is 13.4. The Morgan fingerprint density at radius 2 is 2.35 bits per heavy atom. The normalized spacial score (nSPS) is 19.2. The van der Waals surface area contributed by atoms with E-state index in [2.05, 4.69) is 36.7 Å². The highest BCUT2D eigenvalue weighted by molar-refractivity contribution is 7.09. The van der Waals surface area contributed by atoms with Crippen molar-refractivity contribution in [1.82, 2.24) is 10.2 Å². The van der Waals surface area contributed by atoms with Crippen molar-refractivity contribution in [3.8, 4) is 0 Å². The van der Waals surface area contributed by atoms with Crippen molar-refractivity contribution in [2.24, 2.45) is 0 Å². The van der Waals surface area contributed by atoms with Gasteiger partial charge in [0.25, 0.3) is 0 Å². The van der Waals surface area contributed by atoms with Crippen LogP contribution < -0.4 is 5.32 Å². The molecule has 2 rings (SSSR count). The van der Waals surface area contributed by atoms with Crippen molar-refractivity contribution in [2.45, 2.75) is 64.6 Å². The van der Waals surface area contributed by atoms with Gasteiger partial charge in [-0.2, -0.15) is 0 Å². The van der Waals surface area contributed by atoms with E-state index in [0.717, 1.165) is 19.5 Å². The fourth-order valence-corrected chi connectivity index (χ4v) is 3.44. The summed E-state index contributed by atoms with van der Waals surface area (Å²) in [6.45, 7) is 6.07. The Bertz CT molecular complexity index is 397. The van der Waals surface area contributed by atoms with Crippen molar-refractivity contribution >= 4 is 17.2 Å². The van der Waals surface area contributed by atoms with Crippen molar-refractivity contribution in [1.29, 1.82) is 0 Å². The summed E-state index contributed by atoms with van der Waals surface area (Å²) in [6, 6.07) is 4.97. The Labute approximate surface area is 126 Å². The molecule has 1 amide bonds. The molecule has 1 aliphatic rings. The number of thiophene rings is 1. The second-order valence-electron chi connectivity index (χ2n) is 5.88. The molecular weight excluding hydrogens is 268 g/mol. The average molecular weight is 294 g/mol. The maximum atomic E-state index is 12.5. The van der Waals surface area contributed by atoms with Gasteiger partial charge in [-0.15, -0.1) is 11.3 Å². The molecule has 0 aliphatic carbocycles. The van der Waals surface area contributed by atoms with E-state index in [4.69, 9.17) is 0 Å². The van der Waals surface area contributed by atoms with Gasteiger partial charge in [0.1, 0.15) is 0 Å². The van der Waals surface area contributed by atoms with E-state index >= 15 is 0 Å². The number of nitrogens with one attached hydrogen (secondary N) is 1. The lowest BCUT2D eigenvalue weighted by atomic mass is 10.00. The lowest BCUT2D eigenvalue weighted by molar-refractivity contribution is -0.133. The molecule has 2 heterocycles. The van der Waals surface area contributed by atoms with Crippen LogP contribution >= 0.6 is 11.3 Å². The van der Waals surface area contributed by atoms with Crippen molar-refractivity contribution < 1.29 is 4.79 Å². The predicted molar refractivity (Wildman–Crippen MR) is 84.9 cm³/mol. The first-order chi connectivity index (χ1) is 9.66. The molecule has 1 aliphatic heterocycles. The van der Waals surface area contributed by atoms with Gasteiger partial charge in [0.2, 0.25) is 5.91 Å². The largest absolute Gasteiger partial charge is 0.335 e. The first-order valence-corrected chi connectivity index (χ1v) is 8.60. The third kappa shape index (κ3) is 4.60. The Balaban J connectivity index is 1.83. The molecule has 1 saturated heterocycles. The molecule has 0 aromatic carbocycles. The van der Waals surface area contributed by atoms with Crippen LogP contribution in [-0.2, 0) is 11.3 Å². The molecule has 1 N–H and O–H groups in total. The summed E-state index contributed by atoms with van der Waals surface area (Å²) in [5, 5.41) is 5.59. The van der Waals surface area contributed by atoms with Gasteiger partial charge >= 0.3 is 0 Å². The molecule has 4 heteroatoms. The van der Waals surface area contributed by atoms with E-state index in [1.54, 1.807) is 11.3 Å². The first-order valence-electron chi connectivity index (χ1n) is 7.72. The summed E-state index contributed by atoms with van der Waals surface area (Å²) in [5.41, 5.74) is 0. The predicted octanol–water partition coefficient (Wildman–Crippen LogP) is 3.41. The molecular formula is C16H26N2OS. The van der Waals surface area contributed by atoms with Crippen LogP contribution in [-0.4, -0.2) is 29.4 Å². The Hall–Kier alpha value is -0.870. The van der Waals surface area contributed by atoms with Gasteiger partial charge in [0.15, 0.2) is 0 Å². The highest BCUT2D eigenvalue weighted by Gasteiger charge is 2.20. The molecule has 1 unspecified atom stereocenters. The minimum absolute atomic E-state index is 0.268. The summed E-state index contributed by atoms with van der Waals surface area (Å²) in [4.78, 5) is 15.7. The van der Waals surface area contributed by atoms with Crippen LogP contribution in [0.3, 0.4) is 0 Å². The van der Waals surface area contributed by atoms with Crippen LogP contribution in [0.2, 0.25) is 0 Å². The van der Waals surface area contributed by atoms with E-state index in [9.17, 15) is 4.79 Å². The maximum absolute atomic E-state index is 12.5. The third-order valence-electron chi connectivity index (χ3n) is 3.97. The zero-order valence-electron chi connectivity index (χ0n) is 12.6. The van der Waals surface area contributed by atoms with Gasteiger partial charge < -0.3 is 10.2 Å². The number of hydrogen-bond donors (Lipinski definition) is 1. The monoisotopic (exact) mass is 294 g/mol. The van der Waals surface area contributed by atoms with E-state index in [-0.39, 0.29) is 6.04 Å². The van der Waals surface area contributed by atoms with Crippen molar-refractivity contribution in [3.05, 3.63) is 22.4 Å². The zero-order chi connectivity index (χ0) is 14.4. The fraction of sp³-hybridized carbons (Fsp3) is 0.688. The molecule has 0 radical (unpaired) electrons. The highest BCUT2D eigenvalue weighted by Crippen LogP contribution is 2.17. The van der Waals surface area contributed by atoms with Crippen molar-refractivity contribution in [2.75, 3.05) is 6.54 Å². The summed E-state index contributed by atoms with van der Waals surface area (Å²) in [5.74, 6) is 0.292. The van der Waals surface area contributed by atoms with Gasteiger partial charge in [-0.1, -0.05) is 12.5 Å². The SMILES string of the molecule is CC(C)N(Cc1cccs1)C(=O)CCC1CCCCN1. The Morgan fingerprint density at radius 1 is 1.50 bits per heavy atom. The molecule has 1 aromatic rings. The van der Waals surface area contributed by atoms with Crippen LogP contribution in [0.4, 0.5) is 0 Å². The second kappa shape index (κ2) is 7.79. The number of hydrogen-bond acceptors (Lipinski definition) is 3. The van der Waals surface area contributed by atoms with E-state index in [1.165, 1.54) is 24.1 Å². The molecule has 0 spiro atoms. The Kier molecular flexibility index (Phi) is 6.05. The van der Waals surface area contributed by atoms with Crippen LogP contribution in [0.25, 0.3) is 0 Å². The van der Waals surface area contributed by atoms with Crippen LogP contribution in [0.1, 0.15) is 50.8 Å². The van der Waals surface area contributed by atoms with Gasteiger partial charge in [-0.05, 0) is 51.1 Å². The second-order valence-corrected chi connectivity index (χ2v) is 6.91. The summed E-state index contributed by atoms with van der Waals surface area (Å²) < 4.78 is 0. The average Bonchev–Trinajstić information content (AvgIpc) is 2.96. The number of piperidine rings is 1. The van der Waals surface area contributed by atoms with Crippen LogP contribution in [0, 0.1) is 0 Å². The molecule has 0 bridgehead atoms. The molecule has 1 fully saturated rings. The quantitative estimate of drug-likeness (QED) is 0.872. The molecule has 3 nitrogen and oxygen atoms in total. The lowest BCUT2D eigenvalue weighted by Gasteiger charge is -2.28. The molecule has 0 saturated carbocycles. The van der Waals surface area contributed by atoms with E-state index < -0.39 is 0 Å². The minimum atomic E-state index is 0.268. The molecule has 1 atom stereocenters. The Morgan fingerprint density at radius 3 is 2.95 bits per heavy atom. The third-order valence-corrected chi connectivity index (χ3v) is 4.83. The lowest BCUT2D eigenvalue weighted by Crippen LogP contribution is -2.38. The topological polar surface area (TPSA) is 32.3 Å². The highest BCUT2D eigenvalue weighted by atomic mass is 32.1. The molecule has 20 heavy (non-hydrogen) atoms. The van der Waals surface area contributed by atoms with Gasteiger partial charge in [0.05, 0.1) is 6.54 Å². The summed E-state index contributed by atoms with van der Waals surface area (Å²) >= 11 is 1.73. The standard InChI is InChI=1S/C16H26N2OS/c1-13(2)18(12-15-7-5-11-20-15)16(19)9-8-14-6-3-4-10-17-14/h5,7,11,13-14,17H,3-4,6,8-10,12H2,1-2H3. The van der Waals surface area contributed by atoms with Crippen LogP contribution in [0.5, 0.6) is 0 Å². The summed E-state index contributed by atoms with van der Waals surface area (Å²) in [6.07, 6.45) is 5.45. The molecule has 112 valence electrons. The van der Waals surface area contributed by atoms with Crippen LogP contribution in [0.15, 0.2) is 17.5 Å². The number of rotatable bonds is 6. The number of amides is 1. The fourth-order valence-electron chi connectivity index (χ4n) is 2.74. The van der Waals surface area contributed by atoms with Gasteiger partial charge in [-0.25, -0.2) is 0 Å². The number of carbonyl (C=O) groups is 1. The van der Waals surface area contributed by atoms with E-state index in [1.807, 2.05) is 4.90 Å². The van der Waals surface area contributed by atoms with Crippen molar-refractivity contribution in [3.63, 3.8) is 0 Å². The maximum Gasteiger partial charge on any atom is 0.223 e. The smallest absolute Gasteiger partial charge is 0.223 e. The first kappa shape index (κ1) is 15.5. The van der Waals surface area contributed by atoms with Gasteiger partial charge in [-0.3, -0.25) is 4.79 Å². The number of carbonyl (C=O) groups excluding carboxylic acids is 1. The van der Waals surface area contributed by atoms with Gasteiger partial charge in [0, 0.05) is 23.4 Å². The van der Waals surface area contributed by atoms with E-state index in [0.29, 0.717) is 18.4 Å². The summed E-state index contributed by atoms with van der Waals surface area (Å²) in [7, 11) is 0. The minimum Gasteiger partial charge on any atom is -0.335 e. The molecule has 1 aromatic heterocycles.